The summed E-state index contributed by atoms with van der Waals surface area (Å²) in [5.74, 6) is 0.768. The number of nitrogens with zero attached hydrogens (tertiary/aromatic N) is 3. The molecule has 0 radical (unpaired) electrons. The summed E-state index contributed by atoms with van der Waals surface area (Å²) < 4.78 is 0. The first-order chi connectivity index (χ1) is 4.33. The maximum absolute atomic E-state index is 4.02. The summed E-state index contributed by atoms with van der Waals surface area (Å²) in [6, 6.07) is 0. The van der Waals surface area contributed by atoms with Crippen LogP contribution in [0.4, 0.5) is 0 Å². The highest BCUT2D eigenvalue weighted by Crippen LogP contribution is 2.18. The van der Waals surface area contributed by atoms with Gasteiger partial charge >= 0.3 is 0 Å². The third kappa shape index (κ3) is 2.05. The van der Waals surface area contributed by atoms with Crippen molar-refractivity contribution >= 4 is 30.1 Å². The number of hydrogen-bond acceptors (Lipinski definition) is 4. The monoisotopic (exact) mass is 253 g/mol. The van der Waals surface area contributed by atoms with Gasteiger partial charge in [0.25, 0.3) is 0 Å². The van der Waals surface area contributed by atoms with E-state index in [9.17, 15) is 0 Å². The fourth-order valence-electron chi connectivity index (χ4n) is 0.395. The molecule has 0 aliphatic heterocycles. The first-order valence-electron chi connectivity index (χ1n) is 2.27. The van der Waals surface area contributed by atoms with Crippen molar-refractivity contribution in [1.82, 2.24) is 15.0 Å². The van der Waals surface area contributed by atoms with E-state index in [4.69, 9.17) is 0 Å². The van der Waals surface area contributed by atoms with Gasteiger partial charge in [0.2, 0.25) is 5.16 Å². The van der Waals surface area contributed by atoms with E-state index < -0.39 is 0 Å². The maximum Gasteiger partial charge on any atom is 0.201 e. The Labute approximate surface area is 69.3 Å². The Morgan fingerprint density at radius 1 is 1.56 bits per heavy atom. The van der Waals surface area contributed by atoms with Crippen molar-refractivity contribution in [3.8, 4) is 0 Å². The SMILES string of the molecule is Cc1ncnc(SI)n1. The lowest BCUT2D eigenvalue weighted by molar-refractivity contribution is 0.861. The van der Waals surface area contributed by atoms with Crippen molar-refractivity contribution in [2.24, 2.45) is 0 Å². The lowest BCUT2D eigenvalue weighted by Crippen LogP contribution is -1.89. The Kier molecular flexibility index (Phi) is 2.65. The summed E-state index contributed by atoms with van der Waals surface area (Å²) in [4.78, 5) is 11.8. The van der Waals surface area contributed by atoms with Crippen LogP contribution in [-0.4, -0.2) is 15.0 Å². The number of halogens is 1. The van der Waals surface area contributed by atoms with E-state index in [1.807, 2.05) is 6.92 Å². The summed E-state index contributed by atoms with van der Waals surface area (Å²) in [5.41, 5.74) is 0. The van der Waals surface area contributed by atoms with Crippen LogP contribution in [0.5, 0.6) is 0 Å². The predicted molar refractivity (Wildman–Crippen MR) is 44.4 cm³/mol. The molecule has 0 aliphatic rings. The van der Waals surface area contributed by atoms with E-state index in [-0.39, 0.29) is 0 Å². The van der Waals surface area contributed by atoms with Crippen molar-refractivity contribution in [1.29, 1.82) is 0 Å². The first-order valence-corrected chi connectivity index (χ1v) is 5.63. The molecule has 0 aliphatic carbocycles. The van der Waals surface area contributed by atoms with Crippen molar-refractivity contribution in [3.05, 3.63) is 12.2 Å². The Bertz CT molecular complexity index is 205. The van der Waals surface area contributed by atoms with Crippen LogP contribution in [0.3, 0.4) is 0 Å². The van der Waals surface area contributed by atoms with Gasteiger partial charge in [0.05, 0.1) is 0 Å². The third-order valence-corrected chi connectivity index (χ3v) is 2.26. The molecule has 0 unspecified atom stereocenters. The molecule has 0 bridgehead atoms. The largest absolute Gasteiger partial charge is 0.222 e. The van der Waals surface area contributed by atoms with E-state index in [0.717, 1.165) is 11.0 Å². The fourth-order valence-corrected chi connectivity index (χ4v) is 1.29. The Hall–Kier alpha value is 0.0900. The highest BCUT2D eigenvalue weighted by molar-refractivity contribution is 14.2. The second-order valence-electron chi connectivity index (χ2n) is 1.39. The number of hydrogen-bond donors (Lipinski definition) is 0. The van der Waals surface area contributed by atoms with Crippen LogP contribution in [0.1, 0.15) is 5.82 Å². The molecule has 1 aromatic rings. The molecule has 0 atom stereocenters. The Morgan fingerprint density at radius 2 is 2.33 bits per heavy atom. The summed E-state index contributed by atoms with van der Waals surface area (Å²) in [6.45, 7) is 1.85. The van der Waals surface area contributed by atoms with Gasteiger partial charge in [-0.1, -0.05) is 0 Å². The zero-order chi connectivity index (χ0) is 6.69. The lowest BCUT2D eigenvalue weighted by Gasteiger charge is -1.90. The summed E-state index contributed by atoms with van der Waals surface area (Å²) in [6.07, 6.45) is 1.52. The molecular formula is C4H4IN3S. The van der Waals surface area contributed by atoms with Crippen molar-refractivity contribution in [2.75, 3.05) is 0 Å². The molecule has 0 saturated carbocycles. The number of aryl methyl sites for hydroxylation is 1. The van der Waals surface area contributed by atoms with Gasteiger partial charge in [0, 0.05) is 21.2 Å². The van der Waals surface area contributed by atoms with Crippen LogP contribution < -0.4 is 0 Å². The molecule has 0 amide bonds. The average molecular weight is 253 g/mol. The molecule has 0 aromatic carbocycles. The van der Waals surface area contributed by atoms with Crippen LogP contribution in [-0.2, 0) is 0 Å². The minimum atomic E-state index is 0.767. The van der Waals surface area contributed by atoms with E-state index >= 15 is 0 Å². The minimum Gasteiger partial charge on any atom is -0.222 e. The Balaban J connectivity index is 2.94. The normalized spacial score (nSPS) is 9.56. The topological polar surface area (TPSA) is 38.7 Å². The van der Waals surface area contributed by atoms with Gasteiger partial charge in [0.15, 0.2) is 0 Å². The number of rotatable bonds is 1. The summed E-state index contributed by atoms with van der Waals surface area (Å²) >= 11 is 2.13. The smallest absolute Gasteiger partial charge is 0.201 e. The molecule has 0 N–H and O–H groups in total. The molecule has 9 heavy (non-hydrogen) atoms. The highest BCUT2D eigenvalue weighted by Gasteiger charge is 1.92. The molecule has 0 saturated heterocycles. The van der Waals surface area contributed by atoms with Gasteiger partial charge in [-0.25, -0.2) is 15.0 Å². The standard InChI is InChI=1S/C4H4IN3S/c1-3-6-2-7-4(8-3)9-5/h2H,1H3. The van der Waals surface area contributed by atoms with Gasteiger partial charge in [0.1, 0.15) is 12.2 Å². The number of aromatic nitrogens is 3. The van der Waals surface area contributed by atoms with E-state index in [2.05, 4.69) is 36.2 Å². The quantitative estimate of drug-likeness (QED) is 0.713. The molecule has 0 fully saturated rings. The first kappa shape index (κ1) is 7.20. The Morgan fingerprint density at radius 3 is 2.78 bits per heavy atom. The van der Waals surface area contributed by atoms with Crippen molar-refractivity contribution in [3.63, 3.8) is 0 Å². The van der Waals surface area contributed by atoms with Crippen LogP contribution in [0, 0.1) is 6.92 Å². The van der Waals surface area contributed by atoms with E-state index in [0.29, 0.717) is 0 Å². The molecule has 1 heterocycles. The maximum atomic E-state index is 4.02. The fraction of sp³-hybridized carbons (Fsp3) is 0.250. The van der Waals surface area contributed by atoms with Crippen LogP contribution in [0.2, 0.25) is 0 Å². The van der Waals surface area contributed by atoms with Gasteiger partial charge < -0.3 is 0 Å². The zero-order valence-electron chi connectivity index (χ0n) is 4.71. The predicted octanol–water partition coefficient (Wildman–Crippen LogP) is 1.62. The summed E-state index contributed by atoms with van der Waals surface area (Å²) in [7, 11) is 1.49. The zero-order valence-corrected chi connectivity index (χ0v) is 7.68. The van der Waals surface area contributed by atoms with Crippen LogP contribution in [0.25, 0.3) is 0 Å². The second-order valence-corrected chi connectivity index (χ2v) is 3.23. The minimum absolute atomic E-state index is 0.767. The molecule has 3 nitrogen and oxygen atoms in total. The highest BCUT2D eigenvalue weighted by atomic mass is 127. The lowest BCUT2D eigenvalue weighted by atomic mass is 10.7. The van der Waals surface area contributed by atoms with Gasteiger partial charge in [-0.2, -0.15) is 0 Å². The van der Waals surface area contributed by atoms with E-state index in [1.54, 1.807) is 0 Å². The van der Waals surface area contributed by atoms with E-state index in [1.165, 1.54) is 15.3 Å². The van der Waals surface area contributed by atoms with Crippen molar-refractivity contribution in [2.45, 2.75) is 12.1 Å². The summed E-state index contributed by atoms with van der Waals surface area (Å²) in [5, 5.41) is 0.767. The molecule has 48 valence electrons. The molecular weight excluding hydrogens is 249 g/mol. The molecule has 0 spiro atoms. The van der Waals surface area contributed by atoms with Gasteiger partial charge in [-0.15, -0.1) is 0 Å². The molecule has 5 heteroatoms. The average Bonchev–Trinajstić information content (AvgIpc) is 1.88. The molecule has 1 rings (SSSR count). The van der Waals surface area contributed by atoms with Crippen LogP contribution in [0.15, 0.2) is 11.5 Å². The third-order valence-electron chi connectivity index (χ3n) is 0.739. The van der Waals surface area contributed by atoms with Crippen LogP contribution >= 0.6 is 30.1 Å². The van der Waals surface area contributed by atoms with Crippen molar-refractivity contribution < 1.29 is 0 Å². The van der Waals surface area contributed by atoms with Gasteiger partial charge in [-0.05, 0) is 15.9 Å². The molecule has 1 aromatic heterocycles. The second kappa shape index (κ2) is 3.31. The van der Waals surface area contributed by atoms with Gasteiger partial charge in [-0.3, -0.25) is 0 Å².